The Hall–Kier alpha value is -0.670. The Labute approximate surface area is 57.9 Å². The highest BCUT2D eigenvalue weighted by molar-refractivity contribution is 5.74. The van der Waals surface area contributed by atoms with Gasteiger partial charge in [0.2, 0.25) is 0 Å². The third kappa shape index (κ3) is 1.43. The van der Waals surface area contributed by atoms with Crippen LogP contribution in [0.3, 0.4) is 0 Å². The van der Waals surface area contributed by atoms with E-state index in [0.29, 0.717) is 0 Å². The number of aliphatic carboxylic acids is 1. The van der Waals surface area contributed by atoms with Gasteiger partial charge in [0.05, 0.1) is 0 Å². The Morgan fingerprint density at radius 1 is 1.70 bits per heavy atom. The van der Waals surface area contributed by atoms with Crippen molar-refractivity contribution < 1.29 is 18.7 Å². The van der Waals surface area contributed by atoms with E-state index in [9.17, 15) is 13.6 Å². The number of hydrogen-bond acceptors (Lipinski definition) is 1. The average Bonchev–Trinajstić information content (AvgIpc) is 1.85. The first-order chi connectivity index (χ1) is 4.45. The molecule has 0 rings (SSSR count). The number of halogens is 2. The van der Waals surface area contributed by atoms with Gasteiger partial charge in [0.25, 0.3) is 6.43 Å². The fourth-order valence-electron chi connectivity index (χ4n) is 0.399. The van der Waals surface area contributed by atoms with Gasteiger partial charge in [-0.05, 0) is 13.3 Å². The summed E-state index contributed by atoms with van der Waals surface area (Å²) in [5, 5.41) is 8.32. The third-order valence-electron chi connectivity index (χ3n) is 1.70. The molecule has 0 aliphatic carbocycles. The van der Waals surface area contributed by atoms with Crippen LogP contribution < -0.4 is 0 Å². The maximum absolute atomic E-state index is 12.0. The van der Waals surface area contributed by atoms with E-state index in [1.54, 1.807) is 0 Å². The average molecular weight is 152 g/mol. The van der Waals surface area contributed by atoms with Crippen LogP contribution in [0.4, 0.5) is 8.78 Å². The first-order valence-corrected chi connectivity index (χ1v) is 2.96. The molecule has 0 amide bonds. The Kier molecular flexibility index (Phi) is 2.75. The molecular formula is C6H10F2O2. The minimum atomic E-state index is -2.80. The highest BCUT2D eigenvalue weighted by Crippen LogP contribution is 2.29. The number of hydrogen-bond donors (Lipinski definition) is 1. The van der Waals surface area contributed by atoms with Gasteiger partial charge in [-0.25, -0.2) is 8.78 Å². The van der Waals surface area contributed by atoms with Crippen molar-refractivity contribution in [3.63, 3.8) is 0 Å². The first kappa shape index (κ1) is 9.33. The standard InChI is InChI=1S/C6H10F2O2/c1-3-6(2,4(7)8)5(9)10/h4H,3H2,1-2H3,(H,9,10). The lowest BCUT2D eigenvalue weighted by Crippen LogP contribution is -2.34. The van der Waals surface area contributed by atoms with E-state index in [4.69, 9.17) is 5.11 Å². The van der Waals surface area contributed by atoms with E-state index in [1.165, 1.54) is 6.92 Å². The lowest BCUT2D eigenvalue weighted by molar-refractivity contribution is -0.157. The maximum Gasteiger partial charge on any atom is 0.315 e. The van der Waals surface area contributed by atoms with E-state index >= 15 is 0 Å². The van der Waals surface area contributed by atoms with Gasteiger partial charge < -0.3 is 5.11 Å². The lowest BCUT2D eigenvalue weighted by Gasteiger charge is -2.20. The molecule has 2 nitrogen and oxygen atoms in total. The normalized spacial score (nSPS) is 16.9. The summed E-state index contributed by atoms with van der Waals surface area (Å²) < 4.78 is 23.9. The van der Waals surface area contributed by atoms with E-state index in [-0.39, 0.29) is 6.42 Å². The van der Waals surface area contributed by atoms with Crippen LogP contribution in [0.2, 0.25) is 0 Å². The third-order valence-corrected chi connectivity index (χ3v) is 1.70. The summed E-state index contributed by atoms with van der Waals surface area (Å²) in [4.78, 5) is 10.2. The molecule has 0 fully saturated rings. The summed E-state index contributed by atoms with van der Waals surface area (Å²) >= 11 is 0. The molecule has 0 bridgehead atoms. The predicted octanol–water partition coefficient (Wildman–Crippen LogP) is 1.75. The van der Waals surface area contributed by atoms with Gasteiger partial charge in [-0.2, -0.15) is 0 Å². The summed E-state index contributed by atoms with van der Waals surface area (Å²) in [6, 6.07) is 0. The topological polar surface area (TPSA) is 37.3 Å². The largest absolute Gasteiger partial charge is 0.481 e. The number of rotatable bonds is 3. The van der Waals surface area contributed by atoms with E-state index < -0.39 is 17.8 Å². The minimum absolute atomic E-state index is 0.0556. The zero-order chi connectivity index (χ0) is 8.36. The Balaban J connectivity index is 4.38. The molecular weight excluding hydrogens is 142 g/mol. The van der Waals surface area contributed by atoms with Crippen LogP contribution in [-0.2, 0) is 4.79 Å². The van der Waals surface area contributed by atoms with Crippen molar-refractivity contribution in [3.8, 4) is 0 Å². The lowest BCUT2D eigenvalue weighted by atomic mass is 9.88. The van der Waals surface area contributed by atoms with Crippen LogP contribution in [0.5, 0.6) is 0 Å². The summed E-state index contributed by atoms with van der Waals surface area (Å²) in [5.41, 5.74) is -1.88. The number of carboxylic acid groups (broad SMARTS) is 1. The summed E-state index contributed by atoms with van der Waals surface area (Å²) in [6.07, 6.45) is -2.85. The summed E-state index contributed by atoms with van der Waals surface area (Å²) in [5.74, 6) is -1.44. The van der Waals surface area contributed by atoms with Crippen molar-refractivity contribution in [2.45, 2.75) is 26.7 Å². The van der Waals surface area contributed by atoms with Crippen LogP contribution in [0, 0.1) is 5.41 Å². The van der Waals surface area contributed by atoms with Gasteiger partial charge in [0.15, 0.2) is 0 Å². The zero-order valence-corrected chi connectivity index (χ0v) is 5.90. The molecule has 0 saturated carbocycles. The van der Waals surface area contributed by atoms with Gasteiger partial charge >= 0.3 is 5.97 Å². The highest BCUT2D eigenvalue weighted by atomic mass is 19.3. The molecule has 0 radical (unpaired) electrons. The van der Waals surface area contributed by atoms with Crippen LogP contribution in [0.25, 0.3) is 0 Å². The second-order valence-corrected chi connectivity index (χ2v) is 2.38. The Bertz CT molecular complexity index is 136. The summed E-state index contributed by atoms with van der Waals surface area (Å²) in [6.45, 7) is 2.47. The van der Waals surface area contributed by atoms with Crippen LogP contribution in [-0.4, -0.2) is 17.5 Å². The minimum Gasteiger partial charge on any atom is -0.481 e. The number of carbonyl (C=O) groups is 1. The monoisotopic (exact) mass is 152 g/mol. The number of carboxylic acids is 1. The van der Waals surface area contributed by atoms with Crippen molar-refractivity contribution in [2.24, 2.45) is 5.41 Å². The van der Waals surface area contributed by atoms with Gasteiger partial charge in [0, 0.05) is 0 Å². The molecule has 1 unspecified atom stereocenters. The fourth-order valence-corrected chi connectivity index (χ4v) is 0.399. The van der Waals surface area contributed by atoms with E-state index in [2.05, 4.69) is 0 Å². The van der Waals surface area contributed by atoms with Gasteiger partial charge in [0.1, 0.15) is 5.41 Å². The van der Waals surface area contributed by atoms with Crippen molar-refractivity contribution in [3.05, 3.63) is 0 Å². The molecule has 0 heterocycles. The molecule has 0 aromatic carbocycles. The van der Waals surface area contributed by atoms with Crippen molar-refractivity contribution in [1.82, 2.24) is 0 Å². The van der Waals surface area contributed by atoms with Gasteiger partial charge in [-0.15, -0.1) is 0 Å². The second-order valence-electron chi connectivity index (χ2n) is 2.38. The molecule has 0 aliphatic rings. The first-order valence-electron chi connectivity index (χ1n) is 2.96. The Morgan fingerprint density at radius 2 is 2.10 bits per heavy atom. The quantitative estimate of drug-likeness (QED) is 0.668. The fraction of sp³-hybridized carbons (Fsp3) is 0.833. The van der Waals surface area contributed by atoms with Crippen molar-refractivity contribution in [2.75, 3.05) is 0 Å². The molecule has 10 heavy (non-hydrogen) atoms. The molecule has 0 saturated heterocycles. The second kappa shape index (κ2) is 2.94. The summed E-state index contributed by atoms with van der Waals surface area (Å²) in [7, 11) is 0. The molecule has 0 aromatic heterocycles. The van der Waals surface area contributed by atoms with Crippen molar-refractivity contribution in [1.29, 1.82) is 0 Å². The van der Waals surface area contributed by atoms with Crippen molar-refractivity contribution >= 4 is 5.97 Å². The highest BCUT2D eigenvalue weighted by Gasteiger charge is 2.40. The molecule has 0 spiro atoms. The maximum atomic E-state index is 12.0. The Morgan fingerprint density at radius 3 is 2.10 bits per heavy atom. The molecule has 4 heteroatoms. The predicted molar refractivity (Wildman–Crippen MR) is 32.0 cm³/mol. The zero-order valence-electron chi connectivity index (χ0n) is 5.90. The number of alkyl halides is 2. The van der Waals surface area contributed by atoms with Gasteiger partial charge in [-0.3, -0.25) is 4.79 Å². The van der Waals surface area contributed by atoms with Crippen LogP contribution >= 0.6 is 0 Å². The van der Waals surface area contributed by atoms with E-state index in [0.717, 1.165) is 6.92 Å². The van der Waals surface area contributed by atoms with Crippen LogP contribution in [0.1, 0.15) is 20.3 Å². The smallest absolute Gasteiger partial charge is 0.315 e. The van der Waals surface area contributed by atoms with Gasteiger partial charge in [-0.1, -0.05) is 6.92 Å². The molecule has 1 N–H and O–H groups in total. The molecule has 1 atom stereocenters. The SMILES string of the molecule is CCC(C)(C(=O)O)C(F)F. The van der Waals surface area contributed by atoms with Crippen LogP contribution in [0.15, 0.2) is 0 Å². The molecule has 0 aromatic rings. The van der Waals surface area contributed by atoms with E-state index in [1.807, 2.05) is 0 Å². The molecule has 0 aliphatic heterocycles. The molecule has 60 valence electrons.